The van der Waals surface area contributed by atoms with E-state index in [1.807, 2.05) is 0 Å². The number of sulfonamides is 1. The van der Waals surface area contributed by atoms with E-state index in [1.165, 1.54) is 18.2 Å². The van der Waals surface area contributed by atoms with Crippen molar-refractivity contribution in [3.8, 4) is 0 Å². The largest absolute Gasteiger partial charge is 0.366 e. The van der Waals surface area contributed by atoms with Crippen molar-refractivity contribution in [1.82, 2.24) is 4.72 Å². The van der Waals surface area contributed by atoms with Gasteiger partial charge in [-0.25, -0.2) is 13.1 Å². The van der Waals surface area contributed by atoms with Gasteiger partial charge in [-0.05, 0) is 31.0 Å². The van der Waals surface area contributed by atoms with Crippen LogP contribution in [0.4, 0.5) is 0 Å². The number of hydrogen-bond acceptors (Lipinski definition) is 3. The summed E-state index contributed by atoms with van der Waals surface area (Å²) in [5.74, 6) is -0.747. The van der Waals surface area contributed by atoms with Gasteiger partial charge in [-0.3, -0.25) is 4.79 Å². The molecule has 7 heteroatoms. The SMILES string of the molecule is NC(=O)c1cc(S(=O)(=O)NC2CCCC2)ccc1Cl. The molecule has 1 aromatic carbocycles. The van der Waals surface area contributed by atoms with E-state index in [0.29, 0.717) is 0 Å². The summed E-state index contributed by atoms with van der Waals surface area (Å²) >= 11 is 5.80. The minimum Gasteiger partial charge on any atom is -0.366 e. The van der Waals surface area contributed by atoms with Crippen LogP contribution in [0.25, 0.3) is 0 Å². The molecule has 1 aromatic rings. The van der Waals surface area contributed by atoms with Gasteiger partial charge in [0.1, 0.15) is 0 Å². The van der Waals surface area contributed by atoms with Crippen molar-refractivity contribution in [2.75, 3.05) is 0 Å². The highest BCUT2D eigenvalue weighted by Gasteiger charge is 2.23. The van der Waals surface area contributed by atoms with Crippen molar-refractivity contribution in [2.45, 2.75) is 36.6 Å². The summed E-state index contributed by atoms with van der Waals surface area (Å²) in [5.41, 5.74) is 5.16. The molecule has 0 aliphatic heterocycles. The molecule has 0 saturated heterocycles. The zero-order valence-corrected chi connectivity index (χ0v) is 11.8. The van der Waals surface area contributed by atoms with Crippen LogP contribution in [-0.2, 0) is 10.0 Å². The number of nitrogens with two attached hydrogens (primary N) is 1. The molecule has 0 atom stereocenters. The molecule has 104 valence electrons. The lowest BCUT2D eigenvalue weighted by Crippen LogP contribution is -2.32. The fraction of sp³-hybridized carbons (Fsp3) is 0.417. The van der Waals surface area contributed by atoms with Crippen molar-refractivity contribution >= 4 is 27.5 Å². The number of hydrogen-bond donors (Lipinski definition) is 2. The molecule has 0 aromatic heterocycles. The van der Waals surface area contributed by atoms with Crippen LogP contribution in [-0.4, -0.2) is 20.4 Å². The first-order valence-electron chi connectivity index (χ1n) is 6.02. The Morgan fingerprint density at radius 2 is 1.95 bits per heavy atom. The normalized spacial score (nSPS) is 16.7. The summed E-state index contributed by atoms with van der Waals surface area (Å²) in [7, 11) is -3.63. The third-order valence-corrected chi connectivity index (χ3v) is 5.04. The van der Waals surface area contributed by atoms with Crippen molar-refractivity contribution in [3.05, 3.63) is 28.8 Å². The minimum atomic E-state index is -3.63. The second-order valence-corrected chi connectivity index (χ2v) is 6.73. The third kappa shape index (κ3) is 3.26. The van der Waals surface area contributed by atoms with E-state index in [4.69, 9.17) is 17.3 Å². The van der Waals surface area contributed by atoms with Crippen LogP contribution in [0.3, 0.4) is 0 Å². The Hall–Kier alpha value is -1.11. The second-order valence-electron chi connectivity index (χ2n) is 4.61. The lowest BCUT2D eigenvalue weighted by Gasteiger charge is -2.13. The second kappa shape index (κ2) is 5.48. The summed E-state index contributed by atoms with van der Waals surface area (Å²) in [4.78, 5) is 11.2. The first-order valence-corrected chi connectivity index (χ1v) is 7.88. The van der Waals surface area contributed by atoms with Gasteiger partial charge in [0.05, 0.1) is 15.5 Å². The molecular weight excluding hydrogens is 288 g/mol. The van der Waals surface area contributed by atoms with E-state index in [0.717, 1.165) is 25.7 Å². The Labute approximate surface area is 117 Å². The predicted molar refractivity (Wildman–Crippen MR) is 72.5 cm³/mol. The van der Waals surface area contributed by atoms with Gasteiger partial charge in [0, 0.05) is 6.04 Å². The molecule has 0 heterocycles. The first-order chi connectivity index (χ1) is 8.90. The number of carbonyl (C=O) groups excluding carboxylic acids is 1. The van der Waals surface area contributed by atoms with E-state index < -0.39 is 15.9 Å². The van der Waals surface area contributed by atoms with Crippen molar-refractivity contribution in [1.29, 1.82) is 0 Å². The molecule has 1 amide bonds. The Morgan fingerprint density at radius 3 is 2.53 bits per heavy atom. The summed E-state index contributed by atoms with van der Waals surface area (Å²) in [6.45, 7) is 0. The number of amides is 1. The summed E-state index contributed by atoms with van der Waals surface area (Å²) in [6.07, 6.45) is 3.74. The molecule has 2 rings (SSSR count). The number of carbonyl (C=O) groups is 1. The predicted octanol–water partition coefficient (Wildman–Crippen LogP) is 1.66. The van der Waals surface area contributed by atoms with Crippen molar-refractivity contribution in [3.63, 3.8) is 0 Å². The van der Waals surface area contributed by atoms with E-state index in [2.05, 4.69) is 4.72 Å². The highest BCUT2D eigenvalue weighted by molar-refractivity contribution is 7.89. The standard InChI is InChI=1S/C12H15ClN2O3S/c13-11-6-5-9(7-10(11)12(14)16)19(17,18)15-8-3-1-2-4-8/h5-8,15H,1-4H2,(H2,14,16). The number of halogens is 1. The van der Waals surface area contributed by atoms with Gasteiger partial charge in [-0.1, -0.05) is 24.4 Å². The number of benzene rings is 1. The Bertz CT molecular complexity index is 595. The van der Waals surface area contributed by atoms with E-state index in [9.17, 15) is 13.2 Å². The van der Waals surface area contributed by atoms with Gasteiger partial charge < -0.3 is 5.73 Å². The minimum absolute atomic E-state index is 0.0102. The number of primary amides is 1. The van der Waals surface area contributed by atoms with Gasteiger partial charge in [-0.15, -0.1) is 0 Å². The van der Waals surface area contributed by atoms with Gasteiger partial charge in [-0.2, -0.15) is 0 Å². The van der Waals surface area contributed by atoms with Gasteiger partial charge in [0.2, 0.25) is 15.9 Å². The van der Waals surface area contributed by atoms with Crippen LogP contribution >= 0.6 is 11.6 Å². The average molecular weight is 303 g/mol. The smallest absolute Gasteiger partial charge is 0.250 e. The van der Waals surface area contributed by atoms with Gasteiger partial charge >= 0.3 is 0 Å². The van der Waals surface area contributed by atoms with E-state index in [1.54, 1.807) is 0 Å². The molecule has 1 saturated carbocycles. The summed E-state index contributed by atoms with van der Waals surface area (Å²) in [6, 6.07) is 3.91. The first kappa shape index (κ1) is 14.3. The molecule has 1 aliphatic carbocycles. The Morgan fingerprint density at radius 1 is 1.32 bits per heavy atom. The quantitative estimate of drug-likeness (QED) is 0.886. The highest BCUT2D eigenvalue weighted by Crippen LogP contribution is 2.23. The van der Waals surface area contributed by atoms with Gasteiger partial charge in [0.15, 0.2) is 0 Å². The lowest BCUT2D eigenvalue weighted by atomic mass is 10.2. The van der Waals surface area contributed by atoms with Crippen molar-refractivity contribution < 1.29 is 13.2 Å². The molecule has 0 unspecified atom stereocenters. The van der Waals surface area contributed by atoms with E-state index in [-0.39, 0.29) is 21.5 Å². The molecule has 1 fully saturated rings. The summed E-state index contributed by atoms with van der Waals surface area (Å²) < 4.78 is 27.0. The fourth-order valence-corrected chi connectivity index (χ4v) is 3.73. The topological polar surface area (TPSA) is 89.3 Å². The number of nitrogens with one attached hydrogen (secondary N) is 1. The fourth-order valence-electron chi connectivity index (χ4n) is 2.19. The van der Waals surface area contributed by atoms with Crippen LogP contribution in [0, 0.1) is 0 Å². The molecule has 0 bridgehead atoms. The lowest BCUT2D eigenvalue weighted by molar-refractivity contribution is 0.1000. The van der Waals surface area contributed by atoms with E-state index >= 15 is 0 Å². The number of rotatable bonds is 4. The molecule has 0 radical (unpaired) electrons. The van der Waals surface area contributed by atoms with Gasteiger partial charge in [0.25, 0.3) is 0 Å². The molecule has 3 N–H and O–H groups in total. The highest BCUT2D eigenvalue weighted by atomic mass is 35.5. The maximum absolute atomic E-state index is 12.2. The maximum Gasteiger partial charge on any atom is 0.250 e. The molecule has 0 spiro atoms. The molecular formula is C12H15ClN2O3S. The summed E-state index contributed by atoms with van der Waals surface area (Å²) in [5, 5.41) is 0.146. The molecule has 5 nitrogen and oxygen atoms in total. The van der Waals surface area contributed by atoms with Crippen LogP contribution < -0.4 is 10.5 Å². The van der Waals surface area contributed by atoms with Crippen molar-refractivity contribution in [2.24, 2.45) is 5.73 Å². The van der Waals surface area contributed by atoms with Crippen LogP contribution in [0.2, 0.25) is 5.02 Å². The molecule has 19 heavy (non-hydrogen) atoms. The van der Waals surface area contributed by atoms with Crippen LogP contribution in [0.5, 0.6) is 0 Å². The Balaban J connectivity index is 2.29. The monoisotopic (exact) mass is 302 g/mol. The van der Waals surface area contributed by atoms with Crippen LogP contribution in [0.1, 0.15) is 36.0 Å². The Kier molecular flexibility index (Phi) is 4.13. The average Bonchev–Trinajstić information content (AvgIpc) is 2.80. The zero-order valence-electron chi connectivity index (χ0n) is 10.2. The molecule has 1 aliphatic rings. The zero-order chi connectivity index (χ0) is 14.0. The third-order valence-electron chi connectivity index (χ3n) is 3.19. The van der Waals surface area contributed by atoms with Crippen LogP contribution in [0.15, 0.2) is 23.1 Å². The maximum atomic E-state index is 12.2.